The fraction of sp³-hybridized carbons (Fsp3) is 0.333. The van der Waals surface area contributed by atoms with Gasteiger partial charge in [0.2, 0.25) is 0 Å². The first-order valence-electron chi connectivity index (χ1n) is 8.81. The smallest absolute Gasteiger partial charge is 0.305 e. The highest BCUT2D eigenvalue weighted by atomic mass is 16.5. The van der Waals surface area contributed by atoms with Crippen LogP contribution in [0.5, 0.6) is 17.2 Å². The van der Waals surface area contributed by atoms with E-state index in [2.05, 4.69) is 5.32 Å². The fourth-order valence-electron chi connectivity index (χ4n) is 2.68. The molecule has 0 fully saturated rings. The van der Waals surface area contributed by atoms with Crippen LogP contribution in [0.1, 0.15) is 30.5 Å². The number of carboxylic acid groups (broad SMARTS) is 1. The number of benzene rings is 2. The second-order valence-electron chi connectivity index (χ2n) is 6.34. The van der Waals surface area contributed by atoms with Crippen molar-refractivity contribution in [2.75, 3.05) is 14.2 Å². The summed E-state index contributed by atoms with van der Waals surface area (Å²) < 4.78 is 16.2. The molecule has 7 nitrogen and oxygen atoms in total. The molecule has 2 unspecified atom stereocenters. The summed E-state index contributed by atoms with van der Waals surface area (Å²) in [7, 11) is 3.00. The summed E-state index contributed by atoms with van der Waals surface area (Å²) in [4.78, 5) is 23.9. The Morgan fingerprint density at radius 3 is 2.25 bits per heavy atom. The normalized spacial score (nSPS) is 12.6. The molecule has 28 heavy (non-hydrogen) atoms. The zero-order valence-electron chi connectivity index (χ0n) is 16.4. The Bertz CT molecular complexity index is 818. The maximum atomic E-state index is 12.6. The highest BCUT2D eigenvalue weighted by Gasteiger charge is 2.25. The largest absolute Gasteiger partial charge is 0.497 e. The summed E-state index contributed by atoms with van der Waals surface area (Å²) in [5.41, 5.74) is 1.62. The van der Waals surface area contributed by atoms with E-state index in [1.54, 1.807) is 37.3 Å². The van der Waals surface area contributed by atoms with Crippen LogP contribution in [-0.2, 0) is 9.59 Å². The maximum absolute atomic E-state index is 12.6. The van der Waals surface area contributed by atoms with Crippen molar-refractivity contribution in [3.63, 3.8) is 0 Å². The lowest BCUT2D eigenvalue weighted by atomic mass is 10.0. The third-order valence-electron chi connectivity index (χ3n) is 4.21. The number of nitrogens with one attached hydrogen (secondary N) is 1. The molecule has 0 saturated heterocycles. The van der Waals surface area contributed by atoms with Crippen molar-refractivity contribution < 1.29 is 28.9 Å². The number of carbonyl (C=O) groups excluding carboxylic acids is 1. The molecule has 150 valence electrons. The van der Waals surface area contributed by atoms with Crippen LogP contribution in [0.3, 0.4) is 0 Å². The summed E-state index contributed by atoms with van der Waals surface area (Å²) in [6, 6.07) is 11.5. The van der Waals surface area contributed by atoms with Crippen molar-refractivity contribution in [1.29, 1.82) is 0 Å². The number of carbonyl (C=O) groups is 2. The molecule has 7 heteroatoms. The van der Waals surface area contributed by atoms with Crippen molar-refractivity contribution in [2.45, 2.75) is 32.4 Å². The van der Waals surface area contributed by atoms with Crippen LogP contribution in [0, 0.1) is 6.92 Å². The summed E-state index contributed by atoms with van der Waals surface area (Å²) in [6.07, 6.45) is -1.10. The molecule has 2 rings (SSSR count). The zero-order chi connectivity index (χ0) is 20.7. The van der Waals surface area contributed by atoms with Crippen molar-refractivity contribution >= 4 is 11.9 Å². The summed E-state index contributed by atoms with van der Waals surface area (Å²) in [5.74, 6) is 0.0834. The van der Waals surface area contributed by atoms with Gasteiger partial charge in [-0.2, -0.15) is 0 Å². The Labute approximate surface area is 164 Å². The van der Waals surface area contributed by atoms with Crippen LogP contribution in [-0.4, -0.2) is 37.3 Å². The monoisotopic (exact) mass is 387 g/mol. The third kappa shape index (κ3) is 5.64. The van der Waals surface area contributed by atoms with E-state index in [1.807, 2.05) is 19.1 Å². The molecule has 0 aromatic heterocycles. The highest BCUT2D eigenvalue weighted by molar-refractivity contribution is 5.82. The molecule has 0 aliphatic carbocycles. The van der Waals surface area contributed by atoms with Crippen molar-refractivity contribution in [3.8, 4) is 17.2 Å². The van der Waals surface area contributed by atoms with Crippen LogP contribution in [0.4, 0.5) is 0 Å². The lowest BCUT2D eigenvalue weighted by Crippen LogP contribution is -2.39. The molecule has 1 amide bonds. The Morgan fingerprint density at radius 1 is 1.04 bits per heavy atom. The Morgan fingerprint density at radius 2 is 1.68 bits per heavy atom. The van der Waals surface area contributed by atoms with Crippen molar-refractivity contribution in [2.24, 2.45) is 0 Å². The van der Waals surface area contributed by atoms with E-state index < -0.39 is 24.0 Å². The van der Waals surface area contributed by atoms with Crippen molar-refractivity contribution in [1.82, 2.24) is 5.32 Å². The Balaban J connectivity index is 2.18. The fourth-order valence-corrected chi connectivity index (χ4v) is 2.68. The summed E-state index contributed by atoms with van der Waals surface area (Å²) >= 11 is 0. The minimum absolute atomic E-state index is 0.300. The van der Waals surface area contributed by atoms with Gasteiger partial charge in [0.05, 0.1) is 26.7 Å². The maximum Gasteiger partial charge on any atom is 0.305 e. The van der Waals surface area contributed by atoms with Crippen LogP contribution in [0.25, 0.3) is 0 Å². The van der Waals surface area contributed by atoms with Gasteiger partial charge >= 0.3 is 5.97 Å². The third-order valence-corrected chi connectivity index (χ3v) is 4.21. The van der Waals surface area contributed by atoms with Crippen LogP contribution in [0.15, 0.2) is 42.5 Å². The van der Waals surface area contributed by atoms with Gasteiger partial charge in [-0.15, -0.1) is 0 Å². The van der Waals surface area contributed by atoms with Gasteiger partial charge in [0.15, 0.2) is 6.10 Å². The molecule has 0 bridgehead atoms. The van der Waals surface area contributed by atoms with E-state index in [0.29, 0.717) is 22.8 Å². The number of methoxy groups -OCH3 is 2. The highest BCUT2D eigenvalue weighted by Crippen LogP contribution is 2.31. The predicted molar refractivity (Wildman–Crippen MR) is 104 cm³/mol. The van der Waals surface area contributed by atoms with Gasteiger partial charge in [-0.05, 0) is 38.1 Å². The lowest BCUT2D eigenvalue weighted by Gasteiger charge is -2.23. The van der Waals surface area contributed by atoms with Crippen LogP contribution >= 0.6 is 0 Å². The molecule has 0 saturated carbocycles. The topological polar surface area (TPSA) is 94.1 Å². The van der Waals surface area contributed by atoms with E-state index >= 15 is 0 Å². The molecule has 0 radical (unpaired) electrons. The number of ether oxygens (including phenoxy) is 3. The summed E-state index contributed by atoms with van der Waals surface area (Å²) in [6.45, 7) is 3.57. The molecule has 2 atom stereocenters. The van der Waals surface area contributed by atoms with Crippen LogP contribution < -0.4 is 19.5 Å². The molecule has 0 aliphatic rings. The average molecular weight is 387 g/mol. The van der Waals surface area contributed by atoms with Gasteiger partial charge in [-0.3, -0.25) is 9.59 Å². The van der Waals surface area contributed by atoms with E-state index in [4.69, 9.17) is 14.2 Å². The number of amides is 1. The van der Waals surface area contributed by atoms with Gasteiger partial charge in [-0.25, -0.2) is 0 Å². The number of hydrogen-bond donors (Lipinski definition) is 2. The number of aliphatic carboxylic acids is 1. The second kappa shape index (κ2) is 9.64. The van der Waals surface area contributed by atoms with Gasteiger partial charge < -0.3 is 24.6 Å². The lowest BCUT2D eigenvalue weighted by molar-refractivity contribution is -0.138. The first kappa shape index (κ1) is 21.1. The quantitative estimate of drug-likeness (QED) is 0.687. The minimum Gasteiger partial charge on any atom is -0.497 e. The average Bonchev–Trinajstić information content (AvgIpc) is 2.68. The van der Waals surface area contributed by atoms with Gasteiger partial charge in [0.25, 0.3) is 5.91 Å². The van der Waals surface area contributed by atoms with Gasteiger partial charge in [0, 0.05) is 11.6 Å². The Kier molecular flexibility index (Phi) is 7.26. The van der Waals surface area contributed by atoms with E-state index in [0.717, 1.165) is 5.56 Å². The minimum atomic E-state index is -1.05. The van der Waals surface area contributed by atoms with Crippen molar-refractivity contribution in [3.05, 3.63) is 53.6 Å². The molecule has 0 spiro atoms. The number of aryl methyl sites for hydroxylation is 1. The molecule has 0 heterocycles. The number of rotatable bonds is 9. The second-order valence-corrected chi connectivity index (χ2v) is 6.34. The van der Waals surface area contributed by atoms with E-state index in [-0.39, 0.29) is 6.42 Å². The SMILES string of the molecule is COc1ccc(C(CC(=O)O)NC(=O)C(C)Oc2ccc(C)cc2)c(OC)c1. The molecule has 2 aromatic rings. The molecule has 2 N–H and O–H groups in total. The molecular weight excluding hydrogens is 362 g/mol. The van der Waals surface area contributed by atoms with Gasteiger partial charge in [-0.1, -0.05) is 17.7 Å². The zero-order valence-corrected chi connectivity index (χ0v) is 16.4. The number of carboxylic acids is 1. The summed E-state index contributed by atoms with van der Waals surface area (Å²) in [5, 5.41) is 12.0. The van der Waals surface area contributed by atoms with E-state index in [1.165, 1.54) is 14.2 Å². The van der Waals surface area contributed by atoms with E-state index in [9.17, 15) is 14.7 Å². The molecule has 2 aromatic carbocycles. The first-order valence-corrected chi connectivity index (χ1v) is 8.81. The predicted octanol–water partition coefficient (Wildman–Crippen LogP) is 3.11. The van der Waals surface area contributed by atoms with Gasteiger partial charge in [0.1, 0.15) is 17.2 Å². The molecule has 0 aliphatic heterocycles. The molecular formula is C21H25NO6. The Hall–Kier alpha value is -3.22. The first-order chi connectivity index (χ1) is 13.3. The van der Waals surface area contributed by atoms with Crippen LogP contribution in [0.2, 0.25) is 0 Å². The standard InChI is InChI=1S/C21H25NO6/c1-13-5-7-15(8-6-13)28-14(2)21(25)22-18(12-20(23)24)17-10-9-16(26-3)11-19(17)27-4/h5-11,14,18H,12H2,1-4H3,(H,22,25)(H,23,24). The number of hydrogen-bond acceptors (Lipinski definition) is 5.